The van der Waals surface area contributed by atoms with Gasteiger partial charge in [0.25, 0.3) is 0 Å². The Labute approximate surface area is 764 Å². The topological polar surface area (TPSA) is 559 Å². The zero-order chi connectivity index (χ0) is 67.8. The molecule has 11 rings (SSSR count). The molecule has 0 radical (unpaired) electrons. The minimum absolute atomic E-state index is 0. The minimum atomic E-state index is -5.59. The Morgan fingerprint density at radius 2 is 0.804 bits per heavy atom. The summed E-state index contributed by atoms with van der Waals surface area (Å²) in [5.74, 6) is -3.11. The number of nitrogens with zero attached hydrogens (tertiary/aromatic N) is 10. The largest absolute Gasteiger partial charge is 1.00 e. The number of halogens is 2. The van der Waals surface area contributed by atoms with Gasteiger partial charge in [0.05, 0.1) is 24.5 Å². The summed E-state index contributed by atoms with van der Waals surface area (Å²) in [6, 6.07) is 26.4. The van der Waals surface area contributed by atoms with Gasteiger partial charge in [-0.25, -0.2) is 50.5 Å². The van der Waals surface area contributed by atoms with E-state index in [-0.39, 0.29) is 293 Å². The number of fused-ring (bicyclic) bond motifs is 4. The predicted octanol–water partition coefficient (Wildman–Crippen LogP) is -15.8. The van der Waals surface area contributed by atoms with Crippen LogP contribution in [0.4, 0.5) is 69.3 Å². The van der Waals surface area contributed by atoms with Crippen molar-refractivity contribution in [2.75, 3.05) is 21.3 Å². The van der Waals surface area contributed by atoms with Crippen LogP contribution in [0.15, 0.2) is 171 Å². The van der Waals surface area contributed by atoms with Crippen LogP contribution < -0.4 is 258 Å². The van der Waals surface area contributed by atoms with Gasteiger partial charge in [-0.3, -0.25) is 0 Å². The van der Waals surface area contributed by atoms with Crippen molar-refractivity contribution in [1.29, 1.82) is 0 Å². The van der Waals surface area contributed by atoms with E-state index < -0.39 is 162 Å². The molecular weight excluding hydrogens is 1590 g/mol. The standard InChI is InChI=1S/C52H32Cl2N14O20S6.8Na/c53-47-59-49(63-51(61-47)57-32-7-1-4-23-21-39(92(80,81)82)42(44(70)40(23)32)68-67-35-19-16-29-31(46(35)94(86,87)88)6-3-9-38(29)91(77,78)79)55-25-11-13-26(14-12-25)56-50-60-48(54)62-52(64-50)58-36-22-27(89(71,72)73)20-24-10-17-33(43(69)41(24)36)65-66-34-18-15-28-30(45(34)93(83,84)85)5-2-8-37(28)90(74,75)76;;;;;;;;/h2-16,18-22,69-70H,(H,71,72,73)(H,74,75,76)(H,77,78,79)(H,80,81,82)(H,83,84,85)(H,86,87,88)(H2,55,57,59,61,63)(H2,56,58,60,62,64);;;;;;;;/q-2;8*+1/p-6. The molecule has 34 nitrogen and oxygen atoms in total. The van der Waals surface area contributed by atoms with Crippen LogP contribution in [0.25, 0.3) is 43.1 Å². The maximum atomic E-state index is 12.6. The van der Waals surface area contributed by atoms with Crippen molar-refractivity contribution in [3.05, 3.63) is 144 Å². The van der Waals surface area contributed by atoms with E-state index in [9.17, 15) is 88.0 Å². The van der Waals surface area contributed by atoms with Gasteiger partial charge in [-0.05, 0) is 77.8 Å². The number of azo groups is 2. The van der Waals surface area contributed by atoms with Crippen molar-refractivity contribution in [1.82, 2.24) is 29.9 Å². The van der Waals surface area contributed by atoms with E-state index in [0.717, 1.165) is 91.0 Å². The number of nitrogens with one attached hydrogen (secondary N) is 4. The second-order valence-corrected chi connectivity index (χ2v) is 27.8. The number of phenols is 2. The van der Waals surface area contributed by atoms with Gasteiger partial charge in [0.1, 0.15) is 83.5 Å². The molecule has 0 bridgehead atoms. The Kier molecular flexibility index (Phi) is 34.4. The van der Waals surface area contributed by atoms with E-state index >= 15 is 0 Å². The molecule has 0 saturated carbocycles. The van der Waals surface area contributed by atoms with Crippen LogP contribution in [-0.2, 0) is 60.7 Å². The van der Waals surface area contributed by atoms with Crippen LogP contribution >= 0.6 is 23.2 Å². The Bertz CT molecular complexity index is 5930. The van der Waals surface area contributed by atoms with E-state index in [2.05, 4.69) is 83.8 Å². The van der Waals surface area contributed by atoms with Crippen molar-refractivity contribution in [3.63, 3.8) is 0 Å². The number of aromatic hydroxyl groups is 2. The van der Waals surface area contributed by atoms with Crippen LogP contribution in [0.3, 0.4) is 0 Å². The fraction of sp³-hybridized carbons (Fsp3) is 0. The number of aromatic nitrogens is 6. The van der Waals surface area contributed by atoms with Gasteiger partial charge in [0, 0.05) is 54.9 Å². The number of hydrogen-bond donors (Lipinski definition) is 6. The SMILES string of the molecule is O=S(=O)([O-])c1cc(Nc2nc(Cl)nc(Nc3ccc(Nc4nc(Cl)nc(Nc5c[c-]cc6cc(S(=O)(=O)[O-])c(N=Nc7ccc8c(S(=O)(=O)[O-])cccc8c7S(=O)(=O)[O-])c(O)c56)n4)cc3)n2)c2c(O)c(N=Nc3ccc4c(S(=O)(=O)[O-])cccc4c3S(=O)(=O)[O-])[c-]cc2c1.[Na+].[Na+].[Na+].[Na+].[Na+].[Na+].[Na+].[Na+]. The van der Waals surface area contributed by atoms with Gasteiger partial charge in [0.15, 0.2) is 0 Å². The van der Waals surface area contributed by atoms with Crippen LogP contribution in [0, 0.1) is 12.1 Å². The molecule has 0 spiro atoms. The molecule has 50 heteroatoms. The number of benzene rings is 9. The van der Waals surface area contributed by atoms with E-state index in [1.807, 2.05) is 0 Å². The van der Waals surface area contributed by atoms with Crippen molar-refractivity contribution in [2.24, 2.45) is 20.5 Å². The summed E-state index contributed by atoms with van der Waals surface area (Å²) in [5, 5.41) is 45.7. The molecule has 0 aliphatic heterocycles. The van der Waals surface area contributed by atoms with Crippen LogP contribution in [0.5, 0.6) is 11.5 Å². The van der Waals surface area contributed by atoms with Crippen LogP contribution in [0.2, 0.25) is 10.6 Å². The zero-order valence-electron chi connectivity index (χ0n) is 53.5. The van der Waals surface area contributed by atoms with Gasteiger partial charge in [0.2, 0.25) is 34.4 Å². The number of rotatable bonds is 18. The maximum absolute atomic E-state index is 12.6. The molecular formula is C52H26Cl2N14Na8O20S6. The fourth-order valence-electron chi connectivity index (χ4n) is 9.36. The van der Waals surface area contributed by atoms with Crippen molar-refractivity contribution in [2.45, 2.75) is 29.4 Å². The molecule has 0 atom stereocenters. The number of phenolic OH excluding ortho intramolecular Hbond substituents is 2. The van der Waals surface area contributed by atoms with Crippen LogP contribution in [-0.4, -0.2) is 118 Å². The normalized spacial score (nSPS) is 11.8. The summed E-state index contributed by atoms with van der Waals surface area (Å²) in [6.45, 7) is 0. The molecule has 0 aliphatic rings. The number of anilines is 8. The molecule has 482 valence electrons. The second-order valence-electron chi connectivity index (χ2n) is 19.1. The van der Waals surface area contributed by atoms with E-state index in [1.54, 1.807) is 0 Å². The quantitative estimate of drug-likeness (QED) is 0.0201. The molecule has 2 heterocycles. The van der Waals surface area contributed by atoms with Crippen molar-refractivity contribution in [3.8, 4) is 11.5 Å². The first kappa shape index (κ1) is 94.3. The van der Waals surface area contributed by atoms with E-state index in [0.29, 0.717) is 5.69 Å². The summed E-state index contributed by atoms with van der Waals surface area (Å²) in [5.41, 5.74) is -3.06. The van der Waals surface area contributed by atoms with Gasteiger partial charge in [-0.1, -0.05) is 65.0 Å². The molecule has 0 amide bonds. The maximum Gasteiger partial charge on any atom is 1.00 e. The Morgan fingerprint density at radius 3 is 1.24 bits per heavy atom. The first-order valence-electron chi connectivity index (χ1n) is 25.1. The molecule has 102 heavy (non-hydrogen) atoms. The Balaban J connectivity index is 0.00000338. The van der Waals surface area contributed by atoms with Gasteiger partial charge < -0.3 is 58.8 Å². The molecule has 9 aromatic carbocycles. The smallest absolute Gasteiger partial charge is 0.744 e. The molecule has 0 fully saturated rings. The Hall–Kier alpha value is -1.92. The monoisotopic (exact) mass is 1610 g/mol. The first-order valence-corrected chi connectivity index (χ1v) is 34.3. The van der Waals surface area contributed by atoms with Gasteiger partial charge in [-0.2, -0.15) is 70.5 Å². The third-order valence-electron chi connectivity index (χ3n) is 13.1. The fourth-order valence-corrected chi connectivity index (χ4v) is 13.9. The number of hydrogen-bond acceptors (Lipinski definition) is 34. The summed E-state index contributed by atoms with van der Waals surface area (Å²) >= 11 is 12.6. The zero-order valence-corrected chi connectivity index (χ0v) is 75.9. The predicted molar refractivity (Wildman–Crippen MR) is 322 cm³/mol. The molecule has 2 aromatic heterocycles. The molecule has 6 N–H and O–H groups in total. The third-order valence-corrected chi connectivity index (χ3v) is 18.7. The summed E-state index contributed by atoms with van der Waals surface area (Å²) in [6.07, 6.45) is 0. The van der Waals surface area contributed by atoms with Gasteiger partial charge >= 0.3 is 236 Å². The van der Waals surface area contributed by atoms with Gasteiger partial charge in [-0.15, -0.1) is 21.0 Å². The third kappa shape index (κ3) is 21.6. The van der Waals surface area contributed by atoms with E-state index in [1.165, 1.54) is 30.3 Å². The average Bonchev–Trinajstić information content (AvgIpc) is 0.768. The summed E-state index contributed by atoms with van der Waals surface area (Å²) in [4.78, 5) is 18.7. The summed E-state index contributed by atoms with van der Waals surface area (Å²) in [7, 11) is -32.2. The second kappa shape index (κ2) is 37.2. The molecule has 0 saturated heterocycles. The molecule has 11 aromatic rings. The first-order chi connectivity index (χ1) is 44.0. The Morgan fingerprint density at radius 1 is 0.392 bits per heavy atom. The minimum Gasteiger partial charge on any atom is -0.744 e. The summed E-state index contributed by atoms with van der Waals surface area (Å²) < 4.78 is 222. The van der Waals surface area contributed by atoms with Crippen LogP contribution in [0.1, 0.15) is 0 Å². The van der Waals surface area contributed by atoms with Crippen molar-refractivity contribution >= 4 is 196 Å². The van der Waals surface area contributed by atoms with E-state index in [4.69, 9.17) is 23.2 Å². The van der Waals surface area contributed by atoms with Crippen molar-refractivity contribution < 1.29 is 324 Å². The molecule has 0 unspecified atom stereocenters. The molecule has 0 aliphatic carbocycles. The average molecular weight is 1610 g/mol.